The molecule has 1 saturated heterocycles. The predicted molar refractivity (Wildman–Crippen MR) is 82.3 cm³/mol. The number of urea groups is 1. The first-order valence-corrected chi connectivity index (χ1v) is 7.85. The van der Waals surface area contributed by atoms with Crippen LogP contribution in [0.5, 0.6) is 0 Å². The third kappa shape index (κ3) is 2.90. The van der Waals surface area contributed by atoms with Crippen LogP contribution >= 0.6 is 0 Å². The highest BCUT2D eigenvalue weighted by Gasteiger charge is 2.43. The van der Waals surface area contributed by atoms with E-state index in [1.54, 1.807) is 11.0 Å². The quantitative estimate of drug-likeness (QED) is 0.851. The molecule has 1 aliphatic heterocycles. The Morgan fingerprint density at radius 1 is 1.43 bits per heavy atom. The first-order valence-electron chi connectivity index (χ1n) is 7.85. The highest BCUT2D eigenvalue weighted by atomic mass is 19.1. The number of carbonyl (C=O) groups excluding carboxylic acids is 2. The number of hydrogen-bond acceptors (Lipinski definition) is 3. The van der Waals surface area contributed by atoms with Gasteiger partial charge in [0.2, 0.25) is 0 Å². The van der Waals surface area contributed by atoms with E-state index < -0.39 is 5.41 Å². The first kappa shape index (κ1) is 15.8. The minimum atomic E-state index is -0.647. The fraction of sp³-hybridized carbons (Fsp3) is 0.529. The summed E-state index contributed by atoms with van der Waals surface area (Å²) in [4.78, 5) is 25.9. The number of nitrogens with one attached hydrogen (secondary N) is 1. The van der Waals surface area contributed by atoms with Gasteiger partial charge >= 0.3 is 12.0 Å². The number of benzene rings is 1. The van der Waals surface area contributed by atoms with Crippen LogP contribution in [-0.4, -0.2) is 37.1 Å². The van der Waals surface area contributed by atoms with Gasteiger partial charge in [-0.2, -0.15) is 0 Å². The van der Waals surface area contributed by atoms with Crippen molar-refractivity contribution in [1.82, 2.24) is 10.2 Å². The number of esters is 1. The molecule has 0 bridgehead atoms. The summed E-state index contributed by atoms with van der Waals surface area (Å²) in [6.07, 6.45) is 2.19. The van der Waals surface area contributed by atoms with Gasteiger partial charge in [-0.05, 0) is 49.4 Å². The number of hydrogen-bond donors (Lipinski definition) is 1. The van der Waals surface area contributed by atoms with Crippen LogP contribution in [0, 0.1) is 11.2 Å². The van der Waals surface area contributed by atoms with Crippen LogP contribution in [-0.2, 0) is 16.0 Å². The molecular formula is C17H21FN2O3. The Morgan fingerprint density at radius 2 is 2.22 bits per heavy atom. The Balaban J connectivity index is 1.66. The average molecular weight is 320 g/mol. The van der Waals surface area contributed by atoms with Crippen molar-refractivity contribution in [3.8, 4) is 0 Å². The van der Waals surface area contributed by atoms with Gasteiger partial charge in [0.15, 0.2) is 0 Å². The van der Waals surface area contributed by atoms with E-state index in [4.69, 9.17) is 4.74 Å². The molecular weight excluding hydrogens is 299 g/mol. The molecule has 1 fully saturated rings. The van der Waals surface area contributed by atoms with Gasteiger partial charge in [-0.25, -0.2) is 9.18 Å². The molecule has 1 N–H and O–H groups in total. The standard InChI is InChI=1S/C17H21FN2O3/c1-17(15(21)23-2)7-8-20(10-17)16(22)19-14-6-4-11-3-5-12(18)9-13(11)14/h3,5,9,14H,4,6-8,10H2,1-2H3,(H,19,22). The molecule has 124 valence electrons. The van der Waals surface area contributed by atoms with Crippen LogP contribution in [0.4, 0.5) is 9.18 Å². The van der Waals surface area contributed by atoms with Crippen molar-refractivity contribution in [2.75, 3.05) is 20.2 Å². The zero-order chi connectivity index (χ0) is 16.6. The van der Waals surface area contributed by atoms with Crippen molar-refractivity contribution in [3.63, 3.8) is 0 Å². The molecule has 1 aromatic rings. The molecule has 1 heterocycles. The Kier molecular flexibility index (Phi) is 4.00. The lowest BCUT2D eigenvalue weighted by Gasteiger charge is -2.24. The van der Waals surface area contributed by atoms with E-state index in [9.17, 15) is 14.0 Å². The summed E-state index contributed by atoms with van der Waals surface area (Å²) in [6.45, 7) is 2.67. The van der Waals surface area contributed by atoms with Gasteiger partial charge in [0.05, 0.1) is 18.6 Å². The van der Waals surface area contributed by atoms with Gasteiger partial charge in [-0.3, -0.25) is 4.79 Å². The van der Waals surface area contributed by atoms with E-state index >= 15 is 0 Å². The summed E-state index contributed by atoms with van der Waals surface area (Å²) in [5.74, 6) is -0.578. The Labute approximate surface area is 134 Å². The summed E-state index contributed by atoms with van der Waals surface area (Å²) in [5.41, 5.74) is 1.29. The maximum Gasteiger partial charge on any atom is 0.317 e. The average Bonchev–Trinajstić information content (AvgIpc) is 3.11. The number of rotatable bonds is 2. The SMILES string of the molecule is COC(=O)C1(C)CCN(C(=O)NC2CCc3ccc(F)cc32)C1. The molecule has 0 spiro atoms. The van der Waals surface area contributed by atoms with E-state index in [2.05, 4.69) is 5.32 Å². The topological polar surface area (TPSA) is 58.6 Å². The smallest absolute Gasteiger partial charge is 0.317 e. The maximum absolute atomic E-state index is 13.4. The molecule has 6 heteroatoms. The third-order valence-corrected chi connectivity index (χ3v) is 4.92. The number of fused-ring (bicyclic) bond motifs is 1. The normalized spacial score (nSPS) is 26.0. The lowest BCUT2D eigenvalue weighted by molar-refractivity contribution is -0.150. The van der Waals surface area contributed by atoms with Gasteiger partial charge in [-0.1, -0.05) is 6.07 Å². The van der Waals surface area contributed by atoms with Crippen molar-refractivity contribution >= 4 is 12.0 Å². The Bertz CT molecular complexity index is 649. The zero-order valence-corrected chi connectivity index (χ0v) is 13.4. The van der Waals surface area contributed by atoms with Crippen LogP contribution in [0.2, 0.25) is 0 Å². The van der Waals surface area contributed by atoms with Gasteiger partial charge < -0.3 is 15.0 Å². The van der Waals surface area contributed by atoms with Gasteiger partial charge in [0.1, 0.15) is 5.82 Å². The molecule has 1 aliphatic carbocycles. The van der Waals surface area contributed by atoms with Crippen LogP contribution in [0.1, 0.15) is 36.9 Å². The van der Waals surface area contributed by atoms with Gasteiger partial charge in [0.25, 0.3) is 0 Å². The van der Waals surface area contributed by atoms with Crippen molar-refractivity contribution in [2.24, 2.45) is 5.41 Å². The number of amides is 2. The van der Waals surface area contributed by atoms with Crippen molar-refractivity contribution in [2.45, 2.75) is 32.2 Å². The maximum atomic E-state index is 13.4. The first-order chi connectivity index (χ1) is 10.9. The fourth-order valence-electron chi connectivity index (χ4n) is 3.51. The third-order valence-electron chi connectivity index (χ3n) is 4.92. The van der Waals surface area contributed by atoms with Crippen LogP contribution in [0.25, 0.3) is 0 Å². The van der Waals surface area contributed by atoms with Crippen molar-refractivity contribution in [3.05, 3.63) is 35.1 Å². The summed E-state index contributed by atoms with van der Waals surface area (Å²) in [7, 11) is 1.36. The summed E-state index contributed by atoms with van der Waals surface area (Å²) in [5, 5.41) is 2.97. The molecule has 3 rings (SSSR count). The summed E-state index contributed by atoms with van der Waals surface area (Å²) >= 11 is 0. The molecule has 2 unspecified atom stereocenters. The second-order valence-corrected chi connectivity index (χ2v) is 6.61. The lowest BCUT2D eigenvalue weighted by atomic mass is 9.90. The van der Waals surface area contributed by atoms with Crippen LogP contribution in [0.3, 0.4) is 0 Å². The van der Waals surface area contributed by atoms with Crippen molar-refractivity contribution in [1.29, 1.82) is 0 Å². The number of likely N-dealkylation sites (tertiary alicyclic amines) is 1. The van der Waals surface area contributed by atoms with E-state index in [0.29, 0.717) is 19.5 Å². The van der Waals surface area contributed by atoms with E-state index in [0.717, 1.165) is 24.0 Å². The number of nitrogens with zero attached hydrogens (tertiary/aromatic N) is 1. The minimum absolute atomic E-state index is 0.168. The Hall–Kier alpha value is -2.11. The number of methoxy groups -OCH3 is 1. The molecule has 2 aliphatic rings. The summed E-state index contributed by atoms with van der Waals surface area (Å²) in [6, 6.07) is 4.35. The predicted octanol–water partition coefficient (Wildman–Crippen LogP) is 2.41. The number of aryl methyl sites for hydroxylation is 1. The van der Waals surface area contributed by atoms with E-state index in [1.165, 1.54) is 19.2 Å². The number of carbonyl (C=O) groups is 2. The number of ether oxygens (including phenoxy) is 1. The monoisotopic (exact) mass is 320 g/mol. The molecule has 0 aromatic heterocycles. The van der Waals surface area contributed by atoms with E-state index in [-0.39, 0.29) is 23.9 Å². The molecule has 0 saturated carbocycles. The van der Waals surface area contributed by atoms with Crippen LogP contribution < -0.4 is 5.32 Å². The molecule has 5 nitrogen and oxygen atoms in total. The second-order valence-electron chi connectivity index (χ2n) is 6.61. The molecule has 0 radical (unpaired) electrons. The summed E-state index contributed by atoms with van der Waals surface area (Å²) < 4.78 is 18.2. The molecule has 23 heavy (non-hydrogen) atoms. The van der Waals surface area contributed by atoms with Gasteiger partial charge in [-0.15, -0.1) is 0 Å². The molecule has 1 aromatic carbocycles. The minimum Gasteiger partial charge on any atom is -0.469 e. The second kappa shape index (κ2) is 5.83. The lowest BCUT2D eigenvalue weighted by Crippen LogP contribution is -2.42. The Morgan fingerprint density at radius 3 is 2.96 bits per heavy atom. The van der Waals surface area contributed by atoms with Crippen molar-refractivity contribution < 1.29 is 18.7 Å². The highest BCUT2D eigenvalue weighted by Crippen LogP contribution is 2.34. The highest BCUT2D eigenvalue weighted by molar-refractivity contribution is 5.80. The number of halogens is 1. The van der Waals surface area contributed by atoms with E-state index in [1.807, 2.05) is 6.92 Å². The molecule has 2 amide bonds. The molecule has 2 atom stereocenters. The largest absolute Gasteiger partial charge is 0.469 e. The fourth-order valence-corrected chi connectivity index (χ4v) is 3.51. The van der Waals surface area contributed by atoms with Crippen LogP contribution in [0.15, 0.2) is 18.2 Å². The van der Waals surface area contributed by atoms with Gasteiger partial charge in [0, 0.05) is 13.1 Å². The zero-order valence-electron chi connectivity index (χ0n) is 13.4.